The number of fused-ring (bicyclic) bond motifs is 2. The Morgan fingerprint density at radius 1 is 0.933 bits per heavy atom. The van der Waals surface area contributed by atoms with Gasteiger partial charge in [-0.2, -0.15) is 0 Å². The number of halogens is 1. The van der Waals surface area contributed by atoms with Crippen molar-refractivity contribution in [3.63, 3.8) is 0 Å². The van der Waals surface area contributed by atoms with E-state index in [1.165, 1.54) is 29.2 Å². The van der Waals surface area contributed by atoms with Crippen LogP contribution in [-0.4, -0.2) is 15.9 Å². The highest BCUT2D eigenvalue weighted by Crippen LogP contribution is 2.39. The van der Waals surface area contributed by atoms with E-state index in [4.69, 9.17) is 4.42 Å². The Labute approximate surface area is 170 Å². The summed E-state index contributed by atoms with van der Waals surface area (Å²) < 4.78 is 19.2. The number of nitrogens with zero attached hydrogens (tertiary/aromatic N) is 1. The molecule has 1 amide bonds. The molecule has 0 bridgehead atoms. The highest BCUT2D eigenvalue weighted by atomic mass is 19.1. The minimum absolute atomic E-state index is 0.0129. The zero-order valence-corrected chi connectivity index (χ0v) is 15.7. The number of para-hydroxylation sites is 1. The molecule has 0 saturated heterocycles. The largest absolute Gasteiger partial charge is 0.508 e. The summed E-state index contributed by atoms with van der Waals surface area (Å²) in [6.07, 6.45) is 0. The lowest BCUT2D eigenvalue weighted by atomic mass is 9.98. The third kappa shape index (κ3) is 2.85. The molecule has 4 aromatic rings. The van der Waals surface area contributed by atoms with Crippen molar-refractivity contribution in [3.8, 4) is 5.75 Å². The van der Waals surface area contributed by atoms with Gasteiger partial charge >= 0.3 is 0 Å². The Kier molecular flexibility index (Phi) is 4.13. The maximum atomic E-state index is 13.3. The zero-order valence-electron chi connectivity index (χ0n) is 15.7. The lowest BCUT2D eigenvalue weighted by Gasteiger charge is -2.25. The van der Waals surface area contributed by atoms with E-state index in [0.29, 0.717) is 16.5 Å². The number of carbonyl (C=O) groups excluding carboxylic acids is 1. The maximum Gasteiger partial charge on any atom is 0.291 e. The monoisotopic (exact) mass is 401 g/mol. The normalized spacial score (nSPS) is 15.6. The molecule has 1 atom stereocenters. The molecule has 148 valence electrons. The van der Waals surface area contributed by atoms with Gasteiger partial charge in [-0.15, -0.1) is 0 Å². The number of aromatic hydroxyl groups is 1. The Bertz CT molecular complexity index is 1330. The van der Waals surface area contributed by atoms with E-state index >= 15 is 0 Å². The molecule has 30 heavy (non-hydrogen) atoms. The van der Waals surface area contributed by atoms with Crippen molar-refractivity contribution in [2.45, 2.75) is 12.6 Å². The van der Waals surface area contributed by atoms with Gasteiger partial charge in [0.2, 0.25) is 5.76 Å². The van der Waals surface area contributed by atoms with Crippen LogP contribution in [0.1, 0.15) is 33.3 Å². The van der Waals surface area contributed by atoms with Crippen molar-refractivity contribution in [1.29, 1.82) is 0 Å². The zero-order chi connectivity index (χ0) is 20.8. The minimum atomic E-state index is -0.681. The smallest absolute Gasteiger partial charge is 0.291 e. The summed E-state index contributed by atoms with van der Waals surface area (Å²) >= 11 is 0. The quantitative estimate of drug-likeness (QED) is 0.553. The molecule has 2 heterocycles. The third-order valence-electron chi connectivity index (χ3n) is 5.35. The van der Waals surface area contributed by atoms with E-state index < -0.39 is 11.9 Å². The first kappa shape index (κ1) is 18.1. The van der Waals surface area contributed by atoms with Gasteiger partial charge in [0.15, 0.2) is 5.43 Å². The van der Waals surface area contributed by atoms with Crippen molar-refractivity contribution >= 4 is 16.9 Å². The van der Waals surface area contributed by atoms with E-state index in [1.807, 2.05) is 0 Å². The number of carbonyl (C=O) groups is 1. The van der Waals surface area contributed by atoms with Gasteiger partial charge in [-0.25, -0.2) is 4.39 Å². The van der Waals surface area contributed by atoms with Crippen LogP contribution in [0.5, 0.6) is 5.75 Å². The number of phenolic OH excluding ortho intramolecular Hbond substituents is 1. The fourth-order valence-electron chi connectivity index (χ4n) is 3.92. The SMILES string of the molecule is O=C1c2oc3ccccc3c(=O)c2C(c2ccc(O)cc2)N1Cc1ccc(F)cc1. The number of hydrogen-bond acceptors (Lipinski definition) is 4. The minimum Gasteiger partial charge on any atom is -0.508 e. The van der Waals surface area contributed by atoms with E-state index in [2.05, 4.69) is 0 Å². The standard InChI is InChI=1S/C24H16FNO4/c25-16-9-5-14(6-10-16)13-26-21(15-7-11-17(27)12-8-15)20-22(28)18-3-1-2-4-19(18)30-23(20)24(26)29/h1-12,21,27H,13H2. The van der Waals surface area contributed by atoms with E-state index in [-0.39, 0.29) is 34.9 Å². The maximum absolute atomic E-state index is 13.3. The molecule has 1 aromatic heterocycles. The summed E-state index contributed by atoms with van der Waals surface area (Å²) in [5.41, 5.74) is 1.75. The first-order valence-corrected chi connectivity index (χ1v) is 9.43. The number of phenols is 1. The van der Waals surface area contributed by atoms with Crippen molar-refractivity contribution in [1.82, 2.24) is 4.90 Å². The van der Waals surface area contributed by atoms with Crippen LogP contribution in [0.25, 0.3) is 11.0 Å². The average Bonchev–Trinajstić information content (AvgIpc) is 3.03. The van der Waals surface area contributed by atoms with Crippen LogP contribution >= 0.6 is 0 Å². The molecule has 5 nitrogen and oxygen atoms in total. The van der Waals surface area contributed by atoms with E-state index in [9.17, 15) is 19.1 Å². The predicted molar refractivity (Wildman–Crippen MR) is 109 cm³/mol. The predicted octanol–water partition coefficient (Wildman–Crippen LogP) is 4.38. The number of amides is 1. The van der Waals surface area contributed by atoms with Crippen LogP contribution in [0, 0.1) is 5.82 Å². The molecule has 0 fully saturated rings. The first-order valence-electron chi connectivity index (χ1n) is 9.43. The fraction of sp³-hybridized carbons (Fsp3) is 0.0833. The van der Waals surface area contributed by atoms with E-state index in [0.717, 1.165) is 5.56 Å². The summed E-state index contributed by atoms with van der Waals surface area (Å²) in [6, 6.07) is 18.4. The Morgan fingerprint density at radius 2 is 1.63 bits per heavy atom. The molecule has 0 saturated carbocycles. The van der Waals surface area contributed by atoms with Gasteiger partial charge in [0.05, 0.1) is 17.0 Å². The van der Waals surface area contributed by atoms with Gasteiger partial charge in [0.1, 0.15) is 17.1 Å². The highest BCUT2D eigenvalue weighted by molar-refractivity contribution is 5.99. The highest BCUT2D eigenvalue weighted by Gasteiger charge is 2.42. The Balaban J connectivity index is 1.71. The van der Waals surface area contributed by atoms with Gasteiger partial charge in [0.25, 0.3) is 5.91 Å². The van der Waals surface area contributed by atoms with Crippen LogP contribution < -0.4 is 5.43 Å². The second-order valence-corrected chi connectivity index (χ2v) is 7.22. The third-order valence-corrected chi connectivity index (χ3v) is 5.35. The van der Waals surface area contributed by atoms with Crippen LogP contribution in [0.4, 0.5) is 4.39 Å². The van der Waals surface area contributed by atoms with Gasteiger partial charge < -0.3 is 14.4 Å². The Hall–Kier alpha value is -3.93. The summed E-state index contributed by atoms with van der Waals surface area (Å²) in [4.78, 5) is 28.1. The fourth-order valence-corrected chi connectivity index (χ4v) is 3.92. The average molecular weight is 401 g/mol. The topological polar surface area (TPSA) is 70.8 Å². The molecule has 0 spiro atoms. The molecule has 1 aliphatic rings. The first-order chi connectivity index (χ1) is 14.5. The van der Waals surface area contributed by atoms with Gasteiger partial charge in [0, 0.05) is 6.54 Å². The van der Waals surface area contributed by atoms with Crippen molar-refractivity contribution in [3.05, 3.63) is 111 Å². The van der Waals surface area contributed by atoms with Gasteiger partial charge in [-0.3, -0.25) is 9.59 Å². The van der Waals surface area contributed by atoms with Crippen molar-refractivity contribution < 1.29 is 18.7 Å². The summed E-state index contributed by atoms with van der Waals surface area (Å²) in [5.74, 6) is -0.680. The van der Waals surface area contributed by atoms with Crippen molar-refractivity contribution in [2.24, 2.45) is 0 Å². The summed E-state index contributed by atoms with van der Waals surface area (Å²) in [6.45, 7) is 0.171. The molecule has 3 aromatic carbocycles. The molecule has 1 aliphatic heterocycles. The molecule has 1 unspecified atom stereocenters. The molecule has 0 radical (unpaired) electrons. The van der Waals surface area contributed by atoms with Gasteiger partial charge in [-0.05, 0) is 47.5 Å². The van der Waals surface area contributed by atoms with Crippen molar-refractivity contribution in [2.75, 3.05) is 0 Å². The lowest BCUT2D eigenvalue weighted by Crippen LogP contribution is -2.29. The number of benzene rings is 3. The lowest BCUT2D eigenvalue weighted by molar-refractivity contribution is 0.0714. The number of rotatable bonds is 3. The molecule has 1 N–H and O–H groups in total. The molecule has 5 rings (SSSR count). The van der Waals surface area contributed by atoms with Crippen LogP contribution in [-0.2, 0) is 6.54 Å². The van der Waals surface area contributed by atoms with Crippen LogP contribution in [0.3, 0.4) is 0 Å². The van der Waals surface area contributed by atoms with Gasteiger partial charge in [-0.1, -0.05) is 36.4 Å². The number of hydrogen-bond donors (Lipinski definition) is 1. The molecule has 0 aliphatic carbocycles. The second kappa shape index (κ2) is 6.84. The van der Waals surface area contributed by atoms with Crippen LogP contribution in [0.15, 0.2) is 82.0 Å². The van der Waals surface area contributed by atoms with E-state index in [1.54, 1.807) is 48.5 Å². The summed E-state index contributed by atoms with van der Waals surface area (Å²) in [7, 11) is 0. The second-order valence-electron chi connectivity index (χ2n) is 7.22. The van der Waals surface area contributed by atoms with Crippen LogP contribution in [0.2, 0.25) is 0 Å². The molecule has 6 heteroatoms. The molecular formula is C24H16FNO4. The molecular weight excluding hydrogens is 385 g/mol. The summed E-state index contributed by atoms with van der Waals surface area (Å²) in [5, 5.41) is 10.1. The Morgan fingerprint density at radius 3 is 2.37 bits per heavy atom.